The van der Waals surface area contributed by atoms with Gasteiger partial charge in [-0.25, -0.2) is 4.79 Å². The van der Waals surface area contributed by atoms with Gasteiger partial charge in [-0.05, 0) is 0 Å². The van der Waals surface area contributed by atoms with Crippen molar-refractivity contribution in [1.29, 1.82) is 0 Å². The predicted molar refractivity (Wildman–Crippen MR) is 35.2 cm³/mol. The second-order valence-corrected chi connectivity index (χ2v) is 2.43. The molecule has 1 heterocycles. The van der Waals surface area contributed by atoms with Crippen LogP contribution in [0.2, 0.25) is 0 Å². The smallest absolute Gasteiger partial charge is 0.450 e. The van der Waals surface area contributed by atoms with E-state index < -0.39 is 6.16 Å². The Kier molecular flexibility index (Phi) is 1.98. The zero-order chi connectivity index (χ0) is 8.43. The second-order valence-electron chi connectivity index (χ2n) is 2.43. The van der Waals surface area contributed by atoms with Crippen molar-refractivity contribution in [3.63, 3.8) is 0 Å². The lowest BCUT2D eigenvalue weighted by Crippen LogP contribution is -2.54. The van der Waals surface area contributed by atoms with Gasteiger partial charge in [0, 0.05) is 6.92 Å². The Labute approximate surface area is 63.5 Å². The number of nitrogens with zero attached hydrogens (tertiary/aromatic N) is 1. The molecule has 1 N–H and O–H groups in total. The maximum atomic E-state index is 10.6. The van der Waals surface area contributed by atoms with Crippen LogP contribution in [0, 0.1) is 0 Å². The highest BCUT2D eigenvalue weighted by Crippen LogP contribution is 2.11. The Hall–Kier alpha value is -1.26. The van der Waals surface area contributed by atoms with Crippen LogP contribution in [0.15, 0.2) is 0 Å². The number of carbonyl (C=O) groups excluding carboxylic acids is 1. The van der Waals surface area contributed by atoms with Gasteiger partial charge in [-0.3, -0.25) is 4.79 Å². The Balaban J connectivity index is 2.19. The highest BCUT2D eigenvalue weighted by molar-refractivity contribution is 5.74. The largest absolute Gasteiger partial charge is 0.506 e. The summed E-state index contributed by atoms with van der Waals surface area (Å²) in [5, 5.41) is 8.15. The summed E-state index contributed by atoms with van der Waals surface area (Å²) in [6.07, 6.45) is -1.60. The quantitative estimate of drug-likeness (QED) is 0.543. The van der Waals surface area contributed by atoms with Gasteiger partial charge in [0.05, 0.1) is 13.1 Å². The topological polar surface area (TPSA) is 66.8 Å². The summed E-state index contributed by atoms with van der Waals surface area (Å²) in [5.41, 5.74) is 0. The Morgan fingerprint density at radius 2 is 2.09 bits per heavy atom. The Morgan fingerprint density at radius 3 is 2.45 bits per heavy atom. The lowest BCUT2D eigenvalue weighted by atomic mass is 10.2. The van der Waals surface area contributed by atoms with E-state index in [2.05, 4.69) is 4.74 Å². The fourth-order valence-electron chi connectivity index (χ4n) is 0.912. The van der Waals surface area contributed by atoms with E-state index in [9.17, 15) is 9.59 Å². The summed E-state index contributed by atoms with van der Waals surface area (Å²) >= 11 is 0. The summed E-state index contributed by atoms with van der Waals surface area (Å²) in [4.78, 5) is 22.1. The van der Waals surface area contributed by atoms with Gasteiger partial charge in [0.1, 0.15) is 6.10 Å². The molecule has 1 fully saturated rings. The van der Waals surface area contributed by atoms with Crippen LogP contribution in [0.4, 0.5) is 4.79 Å². The lowest BCUT2D eigenvalue weighted by Gasteiger charge is -2.36. The van der Waals surface area contributed by atoms with Crippen molar-refractivity contribution in [2.45, 2.75) is 13.0 Å². The molecule has 1 amide bonds. The molecule has 0 spiro atoms. The van der Waals surface area contributed by atoms with Crippen LogP contribution in [0.1, 0.15) is 6.92 Å². The van der Waals surface area contributed by atoms with Crippen LogP contribution in [-0.4, -0.2) is 41.3 Å². The van der Waals surface area contributed by atoms with E-state index in [4.69, 9.17) is 5.11 Å². The third-order valence-electron chi connectivity index (χ3n) is 1.56. The van der Waals surface area contributed by atoms with Gasteiger partial charge in [0.2, 0.25) is 5.91 Å². The van der Waals surface area contributed by atoms with Gasteiger partial charge in [-0.15, -0.1) is 0 Å². The predicted octanol–water partition coefficient (Wildman–Crippen LogP) is -0.0883. The van der Waals surface area contributed by atoms with Gasteiger partial charge in [-0.2, -0.15) is 0 Å². The molecule has 0 aromatic rings. The van der Waals surface area contributed by atoms with E-state index in [1.54, 1.807) is 0 Å². The molecule has 0 aliphatic carbocycles. The molecule has 0 bridgehead atoms. The molecular weight excluding hydrogens is 150 g/mol. The van der Waals surface area contributed by atoms with Gasteiger partial charge in [-0.1, -0.05) is 0 Å². The highest BCUT2D eigenvalue weighted by Gasteiger charge is 2.31. The number of likely N-dealkylation sites (tertiary alicyclic amines) is 1. The molecule has 62 valence electrons. The van der Waals surface area contributed by atoms with Crippen molar-refractivity contribution in [2.24, 2.45) is 0 Å². The van der Waals surface area contributed by atoms with E-state index in [0.29, 0.717) is 13.1 Å². The first-order chi connectivity index (χ1) is 5.09. The van der Waals surface area contributed by atoms with Crippen molar-refractivity contribution in [3.8, 4) is 0 Å². The van der Waals surface area contributed by atoms with Crippen molar-refractivity contribution >= 4 is 12.1 Å². The molecule has 11 heavy (non-hydrogen) atoms. The molecule has 5 nitrogen and oxygen atoms in total. The molecule has 0 aromatic heterocycles. The first-order valence-corrected chi connectivity index (χ1v) is 3.24. The number of carbonyl (C=O) groups is 2. The molecule has 1 aliphatic heterocycles. The molecule has 0 radical (unpaired) electrons. The van der Waals surface area contributed by atoms with Crippen molar-refractivity contribution in [1.82, 2.24) is 4.90 Å². The van der Waals surface area contributed by atoms with Crippen LogP contribution in [0.3, 0.4) is 0 Å². The Bertz CT molecular complexity index is 185. The van der Waals surface area contributed by atoms with E-state index in [0.717, 1.165) is 0 Å². The number of ether oxygens (including phenoxy) is 1. The van der Waals surface area contributed by atoms with Gasteiger partial charge < -0.3 is 14.7 Å². The summed E-state index contributed by atoms with van der Waals surface area (Å²) in [6, 6.07) is 0. The maximum Gasteiger partial charge on any atom is 0.506 e. The first-order valence-electron chi connectivity index (χ1n) is 3.24. The molecule has 0 saturated carbocycles. The minimum Gasteiger partial charge on any atom is -0.450 e. The summed E-state index contributed by atoms with van der Waals surface area (Å²) < 4.78 is 4.39. The van der Waals surface area contributed by atoms with E-state index in [1.165, 1.54) is 11.8 Å². The third kappa shape index (κ3) is 1.83. The van der Waals surface area contributed by atoms with Crippen LogP contribution in [0.25, 0.3) is 0 Å². The number of carboxylic acid groups (broad SMARTS) is 1. The van der Waals surface area contributed by atoms with Crippen LogP contribution in [0.5, 0.6) is 0 Å². The van der Waals surface area contributed by atoms with Gasteiger partial charge >= 0.3 is 6.16 Å². The highest BCUT2D eigenvalue weighted by atomic mass is 16.7. The molecule has 1 aliphatic rings. The summed E-state index contributed by atoms with van der Waals surface area (Å²) in [7, 11) is 0. The number of hydrogen-bond donors (Lipinski definition) is 1. The lowest BCUT2D eigenvalue weighted by molar-refractivity contribution is -0.139. The zero-order valence-corrected chi connectivity index (χ0v) is 6.11. The van der Waals surface area contributed by atoms with Crippen LogP contribution in [-0.2, 0) is 9.53 Å². The normalized spacial score (nSPS) is 17.4. The van der Waals surface area contributed by atoms with Gasteiger partial charge in [0.15, 0.2) is 0 Å². The van der Waals surface area contributed by atoms with Crippen molar-refractivity contribution in [3.05, 3.63) is 0 Å². The molecule has 1 saturated heterocycles. The molecular formula is C6H9NO4. The summed E-state index contributed by atoms with van der Waals surface area (Å²) in [5.74, 6) is -0.0461. The molecule has 0 aromatic carbocycles. The SMILES string of the molecule is CC(=O)N1CC(OC(=O)O)C1. The van der Waals surface area contributed by atoms with E-state index in [-0.39, 0.29) is 12.0 Å². The summed E-state index contributed by atoms with van der Waals surface area (Å²) in [6.45, 7) is 2.22. The van der Waals surface area contributed by atoms with E-state index in [1.807, 2.05) is 0 Å². The fraction of sp³-hybridized carbons (Fsp3) is 0.667. The molecule has 0 atom stereocenters. The molecule has 0 unspecified atom stereocenters. The monoisotopic (exact) mass is 159 g/mol. The van der Waals surface area contributed by atoms with Crippen LogP contribution < -0.4 is 0 Å². The average Bonchev–Trinajstić information content (AvgIpc) is 1.75. The minimum atomic E-state index is -1.28. The van der Waals surface area contributed by atoms with Crippen molar-refractivity contribution < 1.29 is 19.4 Å². The first kappa shape index (κ1) is 7.84. The second kappa shape index (κ2) is 2.77. The number of amides is 1. The fourth-order valence-corrected chi connectivity index (χ4v) is 0.912. The Morgan fingerprint density at radius 1 is 1.55 bits per heavy atom. The number of rotatable bonds is 1. The molecule has 1 rings (SSSR count). The average molecular weight is 159 g/mol. The van der Waals surface area contributed by atoms with Gasteiger partial charge in [0.25, 0.3) is 0 Å². The minimum absolute atomic E-state index is 0.0461. The standard InChI is InChI=1S/C6H9NO4/c1-4(8)7-2-5(3-7)11-6(9)10/h5H,2-3H2,1H3,(H,9,10). The van der Waals surface area contributed by atoms with Crippen LogP contribution >= 0.6 is 0 Å². The van der Waals surface area contributed by atoms with E-state index >= 15 is 0 Å². The van der Waals surface area contributed by atoms with Crippen molar-refractivity contribution in [2.75, 3.05) is 13.1 Å². The maximum absolute atomic E-state index is 10.6. The number of hydrogen-bond acceptors (Lipinski definition) is 3. The third-order valence-corrected chi connectivity index (χ3v) is 1.56. The zero-order valence-electron chi connectivity index (χ0n) is 6.11. The molecule has 5 heteroatoms.